The molecule has 1 saturated carbocycles. The summed E-state index contributed by atoms with van der Waals surface area (Å²) in [7, 11) is 4.86. The summed E-state index contributed by atoms with van der Waals surface area (Å²) in [5.74, 6) is -1.14. The van der Waals surface area contributed by atoms with Crippen LogP contribution in [0.1, 0.15) is 126 Å². The van der Waals surface area contributed by atoms with E-state index in [0.29, 0.717) is 49.3 Å². The van der Waals surface area contributed by atoms with Gasteiger partial charge in [-0.2, -0.15) is 0 Å². The van der Waals surface area contributed by atoms with Gasteiger partial charge in [0, 0.05) is 55.5 Å². The Bertz CT molecular complexity index is 1660. The number of hydrogen-bond acceptors (Lipinski definition) is 11. The van der Waals surface area contributed by atoms with Crippen molar-refractivity contribution in [1.82, 2.24) is 25.4 Å². The molecule has 4 rings (SSSR count). The fourth-order valence-electron chi connectivity index (χ4n) is 8.15. The second-order valence-corrected chi connectivity index (χ2v) is 17.4. The van der Waals surface area contributed by atoms with Crippen molar-refractivity contribution in [2.24, 2.45) is 23.2 Å². The number of thiazole rings is 1. The zero-order chi connectivity index (χ0) is 41.9. The fraction of sp³-hybridized carbons (Fsp3) is 0.674. The quantitative estimate of drug-likeness (QED) is 0.0926. The number of carbonyl (C=O) groups excluding carboxylic acids is 5. The van der Waals surface area contributed by atoms with Gasteiger partial charge in [-0.1, -0.05) is 59.6 Å². The number of hydrogen-bond donors (Lipinski definition) is 3. The van der Waals surface area contributed by atoms with Crippen LogP contribution < -0.4 is 16.4 Å². The number of aromatic nitrogens is 1. The zero-order valence-electron chi connectivity index (χ0n) is 35.3. The number of piperidine rings is 1. The highest BCUT2D eigenvalue weighted by Gasteiger charge is 2.52. The third-order valence-corrected chi connectivity index (χ3v) is 12.9. The number of methoxy groups -OCH3 is 1. The van der Waals surface area contributed by atoms with Crippen LogP contribution in [0, 0.1) is 23.2 Å². The minimum Gasteiger partial charge on any atom is -0.469 e. The van der Waals surface area contributed by atoms with Crippen molar-refractivity contribution in [3.63, 3.8) is 0 Å². The van der Waals surface area contributed by atoms with Gasteiger partial charge in [-0.05, 0) is 88.1 Å². The molecule has 1 saturated heterocycles. The van der Waals surface area contributed by atoms with Gasteiger partial charge in [-0.25, -0.2) is 9.78 Å². The van der Waals surface area contributed by atoms with Gasteiger partial charge in [0.15, 0.2) is 11.9 Å². The number of benzene rings is 1. The second kappa shape index (κ2) is 21.1. The molecule has 1 aromatic carbocycles. The summed E-state index contributed by atoms with van der Waals surface area (Å²) in [5.41, 5.74) is 7.03. The van der Waals surface area contributed by atoms with Crippen LogP contribution in [0.2, 0.25) is 0 Å². The van der Waals surface area contributed by atoms with Crippen LogP contribution in [0.15, 0.2) is 29.6 Å². The molecule has 2 aliphatic rings. The number of ether oxygens (including phenoxy) is 2. The van der Waals surface area contributed by atoms with Gasteiger partial charge in [0.05, 0.1) is 18.6 Å². The van der Waals surface area contributed by atoms with Crippen LogP contribution in [0.4, 0.5) is 10.5 Å². The van der Waals surface area contributed by atoms with E-state index in [9.17, 15) is 24.0 Å². The molecule has 3 amide bonds. The molecule has 0 bridgehead atoms. The Balaban J connectivity index is 1.59. The number of Topliss-reactive ketones (excluding diaryl/α,β-unsaturated/α-hetero) is 1. The molecule has 57 heavy (non-hydrogen) atoms. The molecule has 0 radical (unpaired) electrons. The van der Waals surface area contributed by atoms with Gasteiger partial charge in [0.1, 0.15) is 10.7 Å². The van der Waals surface area contributed by atoms with Crippen molar-refractivity contribution in [2.75, 3.05) is 40.0 Å². The minimum atomic E-state index is -0.866. The number of alkyl carbamates (subject to hydrolysis) is 1. The third kappa shape index (κ3) is 12.2. The van der Waals surface area contributed by atoms with E-state index < -0.39 is 35.5 Å². The second-order valence-electron chi connectivity index (χ2n) is 16.5. The Morgan fingerprint density at radius 2 is 1.79 bits per heavy atom. The number of esters is 1. The monoisotopic (exact) mass is 810 g/mol. The first-order chi connectivity index (χ1) is 27.2. The summed E-state index contributed by atoms with van der Waals surface area (Å²) in [6, 6.07) is 6.50. The first-order valence-electron chi connectivity index (χ1n) is 20.8. The molecule has 2 fully saturated rings. The molecule has 1 aliphatic heterocycles. The average Bonchev–Trinajstić information content (AvgIpc) is 3.80. The molecule has 316 valence electrons. The van der Waals surface area contributed by atoms with E-state index in [1.165, 1.54) is 25.5 Å². The maximum Gasteiger partial charge on any atom is 0.407 e. The molecule has 4 N–H and O–H groups in total. The number of nitrogens with zero attached hydrogens (tertiary/aromatic N) is 3. The number of amides is 3. The van der Waals surface area contributed by atoms with Crippen LogP contribution in [-0.4, -0.2) is 96.9 Å². The Morgan fingerprint density at radius 3 is 2.37 bits per heavy atom. The van der Waals surface area contributed by atoms with Crippen molar-refractivity contribution >= 4 is 46.7 Å². The Kier molecular flexibility index (Phi) is 16.9. The van der Waals surface area contributed by atoms with E-state index in [0.717, 1.165) is 37.8 Å². The van der Waals surface area contributed by atoms with Crippen LogP contribution in [0.5, 0.6) is 0 Å². The predicted molar refractivity (Wildman–Crippen MR) is 223 cm³/mol. The predicted octanol–water partition coefficient (Wildman–Crippen LogP) is 6.57. The van der Waals surface area contributed by atoms with Crippen molar-refractivity contribution in [3.05, 3.63) is 45.9 Å². The van der Waals surface area contributed by atoms with Crippen molar-refractivity contribution in [1.29, 1.82) is 0 Å². The largest absolute Gasteiger partial charge is 0.469 e. The number of anilines is 1. The molecular weight excluding hydrogens is 745 g/mol. The number of likely N-dealkylation sites (N-methyl/N-ethyl adjacent to an activating group) is 1. The van der Waals surface area contributed by atoms with Crippen LogP contribution in [0.25, 0.3) is 0 Å². The Hall–Kier alpha value is -4.04. The summed E-state index contributed by atoms with van der Waals surface area (Å²) in [6.07, 6.45) is 5.54. The molecule has 13 nitrogen and oxygen atoms in total. The van der Waals surface area contributed by atoms with Gasteiger partial charge in [0.25, 0.3) is 5.91 Å². The van der Waals surface area contributed by atoms with Crippen molar-refractivity contribution < 1.29 is 33.4 Å². The topological polar surface area (TPSA) is 173 Å². The number of nitrogen functional groups attached to an aromatic ring is 1. The van der Waals surface area contributed by atoms with Crippen LogP contribution in [-0.2, 0) is 30.3 Å². The van der Waals surface area contributed by atoms with Crippen molar-refractivity contribution in [2.45, 2.75) is 129 Å². The molecule has 14 heteroatoms. The number of likely N-dealkylation sites (tertiary alicyclic amines) is 1. The lowest BCUT2D eigenvalue weighted by Crippen LogP contribution is -2.50. The molecule has 0 spiro atoms. The van der Waals surface area contributed by atoms with Crippen LogP contribution in [0.3, 0.4) is 0 Å². The van der Waals surface area contributed by atoms with E-state index in [-0.39, 0.29) is 60.1 Å². The van der Waals surface area contributed by atoms with E-state index in [1.54, 1.807) is 17.5 Å². The number of carbonyl (C=O) groups is 5. The average molecular weight is 811 g/mol. The first kappa shape index (κ1) is 45.7. The lowest BCUT2D eigenvalue weighted by molar-refractivity contribution is -0.147. The lowest BCUT2D eigenvalue weighted by atomic mass is 9.82. The summed E-state index contributed by atoms with van der Waals surface area (Å²) in [4.78, 5) is 76.6. The lowest BCUT2D eigenvalue weighted by Gasteiger charge is -2.39. The summed E-state index contributed by atoms with van der Waals surface area (Å²) >= 11 is 1.21. The van der Waals surface area contributed by atoms with Gasteiger partial charge in [0.2, 0.25) is 5.91 Å². The molecule has 1 aliphatic carbocycles. The maximum absolute atomic E-state index is 14.7. The minimum absolute atomic E-state index is 0.00766. The molecular formula is C43H66N6O7S. The highest BCUT2D eigenvalue weighted by molar-refractivity contribution is 7.09. The normalized spacial score (nSPS) is 19.1. The smallest absolute Gasteiger partial charge is 0.407 e. The van der Waals surface area contributed by atoms with E-state index in [4.69, 9.17) is 20.2 Å². The Labute approximate surface area is 343 Å². The highest BCUT2D eigenvalue weighted by Crippen LogP contribution is 2.51. The van der Waals surface area contributed by atoms with E-state index in [1.807, 2.05) is 44.9 Å². The van der Waals surface area contributed by atoms with Gasteiger partial charge < -0.3 is 30.7 Å². The van der Waals surface area contributed by atoms with Gasteiger partial charge in [-0.15, -0.1) is 11.3 Å². The number of ketones is 1. The third-order valence-electron chi connectivity index (χ3n) is 12.0. The molecule has 0 unspecified atom stereocenters. The SMILES string of the molecule is CCCN(C(=O)[C@@H](CC(=O)[C@H]1CCCCN1C)[C@@H](C)CC)[C@H](C[C@@H](OC(=O)NC)c1nc(C(=O)N[C@@H](Cc2ccc(N)cc2)CC2(C(=O)OC)CC2)cs1)C(C)C. The van der Waals surface area contributed by atoms with Gasteiger partial charge >= 0.3 is 12.1 Å². The van der Waals surface area contributed by atoms with Crippen LogP contribution >= 0.6 is 11.3 Å². The fourth-order valence-corrected chi connectivity index (χ4v) is 8.99. The first-order valence-corrected chi connectivity index (χ1v) is 21.7. The Morgan fingerprint density at radius 1 is 1.09 bits per heavy atom. The highest BCUT2D eigenvalue weighted by atomic mass is 32.1. The zero-order valence-corrected chi connectivity index (χ0v) is 36.1. The summed E-state index contributed by atoms with van der Waals surface area (Å²) < 4.78 is 11.1. The van der Waals surface area contributed by atoms with Crippen molar-refractivity contribution in [3.8, 4) is 0 Å². The maximum atomic E-state index is 14.7. The van der Waals surface area contributed by atoms with E-state index in [2.05, 4.69) is 29.4 Å². The van der Waals surface area contributed by atoms with E-state index >= 15 is 0 Å². The standard InChI is InChI=1S/C43H66N6O7S/c1-9-20-49(40(52)32(28(5)10-2)23-36(50)34-13-11-12-21-48(34)7)35(27(3)4)24-37(56-42(54)45-6)39-47-33(26-57-39)38(51)46-31(22-29-14-16-30(44)17-15-29)25-43(18-19-43)41(53)55-8/h14-17,26-28,31-32,34-35,37H,9-13,18-25,44H2,1-8H3,(H,45,54)(H,46,51)/t28-,31-,32-,34+,35+,37+/m0/s1. The van der Waals surface area contributed by atoms with Gasteiger partial charge in [-0.3, -0.25) is 24.1 Å². The summed E-state index contributed by atoms with van der Waals surface area (Å²) in [6.45, 7) is 11.6. The summed E-state index contributed by atoms with van der Waals surface area (Å²) in [5, 5.41) is 7.72. The molecule has 1 aromatic heterocycles. The number of rotatable bonds is 21. The number of nitrogens with one attached hydrogen (secondary N) is 2. The molecule has 2 aromatic rings. The molecule has 6 atom stereocenters. The molecule has 2 heterocycles. The number of nitrogens with two attached hydrogens (primary N) is 1.